The Morgan fingerprint density at radius 1 is 1.22 bits per heavy atom. The summed E-state index contributed by atoms with van der Waals surface area (Å²) in [6.07, 6.45) is 7.50. The molecular formula is C32H46N2O7. The Labute approximate surface area is 243 Å². The molecule has 226 valence electrons. The zero-order chi connectivity index (χ0) is 30.9. The van der Waals surface area contributed by atoms with E-state index >= 15 is 0 Å². The predicted octanol–water partition coefficient (Wildman–Crippen LogP) is 5.25. The van der Waals surface area contributed by atoms with Gasteiger partial charge in [0.05, 0.1) is 23.6 Å². The zero-order valence-corrected chi connectivity index (χ0v) is 25.2. The second-order valence-electron chi connectivity index (χ2n) is 11.0. The van der Waals surface area contributed by atoms with Gasteiger partial charge in [-0.2, -0.15) is 0 Å². The van der Waals surface area contributed by atoms with E-state index in [1.807, 2.05) is 39.8 Å². The number of anilines is 2. The van der Waals surface area contributed by atoms with Gasteiger partial charge in [0.25, 0.3) is 5.91 Å². The summed E-state index contributed by atoms with van der Waals surface area (Å²) in [6, 6.07) is 1.31. The topological polar surface area (TPSA) is 137 Å². The number of phenolic OH excluding ortho intramolecular Hbond substituents is 2. The number of fused-ring (bicyclic) bond motifs is 2. The Hall–Kier alpha value is -3.56. The molecule has 0 aromatic heterocycles. The summed E-state index contributed by atoms with van der Waals surface area (Å²) in [7, 11) is 1.54. The Kier molecular flexibility index (Phi) is 12.7. The predicted molar refractivity (Wildman–Crippen MR) is 162 cm³/mol. The highest BCUT2D eigenvalue weighted by Crippen LogP contribution is 2.42. The third-order valence-electron chi connectivity index (χ3n) is 7.33. The summed E-state index contributed by atoms with van der Waals surface area (Å²) in [5.41, 5.74) is 2.01. The molecule has 0 spiro atoms. The van der Waals surface area contributed by atoms with Crippen molar-refractivity contribution in [3.8, 4) is 11.5 Å². The van der Waals surface area contributed by atoms with Crippen LogP contribution in [0.3, 0.4) is 0 Å². The Morgan fingerprint density at radius 2 is 1.90 bits per heavy atom. The summed E-state index contributed by atoms with van der Waals surface area (Å²) in [6.45, 7) is 14.7. The number of benzene rings is 1. The summed E-state index contributed by atoms with van der Waals surface area (Å²) in [4.78, 5) is 24.9. The van der Waals surface area contributed by atoms with Crippen LogP contribution in [0.25, 0.3) is 0 Å². The highest BCUT2D eigenvalue weighted by Gasteiger charge is 2.29. The summed E-state index contributed by atoms with van der Waals surface area (Å²) in [5, 5.41) is 39.1. The minimum Gasteiger partial charge on any atom is -0.506 e. The number of ether oxygens (including phenoxy) is 2. The lowest BCUT2D eigenvalue weighted by atomic mass is 9.87. The Balaban J connectivity index is 2.64. The average Bonchev–Trinajstić information content (AvgIpc) is 2.91. The lowest BCUT2D eigenvalue weighted by molar-refractivity contribution is -0.146. The number of rotatable bonds is 5. The first-order valence-corrected chi connectivity index (χ1v) is 14.0. The van der Waals surface area contributed by atoms with Gasteiger partial charge in [-0.15, -0.1) is 6.58 Å². The van der Waals surface area contributed by atoms with Crippen LogP contribution < -0.4 is 10.6 Å². The molecule has 0 saturated heterocycles. The molecular weight excluding hydrogens is 524 g/mol. The van der Waals surface area contributed by atoms with E-state index < -0.39 is 30.2 Å². The van der Waals surface area contributed by atoms with E-state index in [0.29, 0.717) is 36.2 Å². The smallest absolute Gasteiger partial charge is 0.303 e. The van der Waals surface area contributed by atoms with Crippen LogP contribution in [0.2, 0.25) is 0 Å². The number of aliphatic hydroxyl groups excluding tert-OH is 1. The van der Waals surface area contributed by atoms with Crippen molar-refractivity contribution in [2.75, 3.05) is 24.3 Å². The lowest BCUT2D eigenvalue weighted by Crippen LogP contribution is -2.35. The van der Waals surface area contributed by atoms with Crippen LogP contribution in [0.4, 0.5) is 11.4 Å². The molecule has 41 heavy (non-hydrogen) atoms. The molecule has 2 rings (SSSR count). The first-order valence-electron chi connectivity index (χ1n) is 14.0. The molecule has 1 amide bonds. The van der Waals surface area contributed by atoms with Gasteiger partial charge < -0.3 is 35.4 Å². The summed E-state index contributed by atoms with van der Waals surface area (Å²) < 4.78 is 11.3. The molecule has 0 radical (unpaired) electrons. The maximum Gasteiger partial charge on any atom is 0.303 e. The number of aliphatic hydroxyl groups is 1. The van der Waals surface area contributed by atoms with Gasteiger partial charge in [-0.1, -0.05) is 51.2 Å². The van der Waals surface area contributed by atoms with Crippen molar-refractivity contribution in [1.82, 2.24) is 0 Å². The van der Waals surface area contributed by atoms with Gasteiger partial charge in [0.1, 0.15) is 17.6 Å². The van der Waals surface area contributed by atoms with Crippen LogP contribution in [0.5, 0.6) is 11.5 Å². The second kappa shape index (κ2) is 15.4. The number of hydrogen-bond donors (Lipinski definition) is 5. The number of amides is 1. The monoisotopic (exact) mass is 570 g/mol. The second-order valence-corrected chi connectivity index (χ2v) is 11.0. The fourth-order valence-corrected chi connectivity index (χ4v) is 5.09. The van der Waals surface area contributed by atoms with Gasteiger partial charge >= 0.3 is 5.97 Å². The third-order valence-corrected chi connectivity index (χ3v) is 7.33. The maximum absolute atomic E-state index is 13.0. The average molecular weight is 571 g/mol. The van der Waals surface area contributed by atoms with Gasteiger partial charge in [-0.05, 0) is 38.2 Å². The van der Waals surface area contributed by atoms with Gasteiger partial charge in [-0.3, -0.25) is 9.59 Å². The van der Waals surface area contributed by atoms with Crippen molar-refractivity contribution in [2.24, 2.45) is 17.8 Å². The standard InChI is InChI=1S/C32H46N2O7/c1-9-13-33-28-24-14-18(2)15-27(40-8)29(37)21(5)16-22(6)31(41-23(7)35)19(3)11-10-12-20(4)32(39)34-25(30(24)38)17-26(28)36/h9-12,16-19,21,27,29,31,33,36-38H,1,13-15H2,2-8H3,(H,34,39)/b11-10-,20-12+,22-16+/t18-,19+,21+,27+,29-,31-/m1/s1. The molecule has 0 unspecified atom stereocenters. The van der Waals surface area contributed by atoms with Crippen molar-refractivity contribution < 1.29 is 34.4 Å². The third kappa shape index (κ3) is 9.23. The van der Waals surface area contributed by atoms with Crippen molar-refractivity contribution in [3.05, 3.63) is 59.7 Å². The van der Waals surface area contributed by atoms with Gasteiger partial charge in [0.15, 0.2) is 0 Å². The largest absolute Gasteiger partial charge is 0.506 e. The van der Waals surface area contributed by atoms with E-state index in [0.717, 1.165) is 5.57 Å². The highest BCUT2D eigenvalue weighted by molar-refractivity contribution is 6.04. The maximum atomic E-state index is 13.0. The van der Waals surface area contributed by atoms with Crippen LogP contribution in [0.1, 0.15) is 53.5 Å². The molecule has 2 bridgehead atoms. The highest BCUT2D eigenvalue weighted by atomic mass is 16.5. The van der Waals surface area contributed by atoms with Crippen LogP contribution >= 0.6 is 0 Å². The minimum atomic E-state index is -0.861. The number of phenols is 2. The molecule has 0 saturated carbocycles. The Morgan fingerprint density at radius 3 is 2.51 bits per heavy atom. The van der Waals surface area contributed by atoms with Crippen LogP contribution in [-0.4, -0.2) is 59.2 Å². The fourth-order valence-electron chi connectivity index (χ4n) is 5.09. The van der Waals surface area contributed by atoms with Crippen molar-refractivity contribution >= 4 is 23.3 Å². The molecule has 9 heteroatoms. The molecule has 0 aliphatic carbocycles. The summed E-state index contributed by atoms with van der Waals surface area (Å²) >= 11 is 0. The number of carbonyl (C=O) groups is 2. The normalized spacial score (nSPS) is 29.7. The molecule has 1 aliphatic heterocycles. The van der Waals surface area contributed by atoms with Gasteiger partial charge in [0, 0.05) is 49.6 Å². The number of nitrogens with one attached hydrogen (secondary N) is 2. The number of hydrogen-bond acceptors (Lipinski definition) is 8. The number of allylic oxidation sites excluding steroid dienone is 2. The molecule has 0 fully saturated rings. The Bertz CT molecular complexity index is 1190. The van der Waals surface area contributed by atoms with E-state index in [2.05, 4.69) is 17.2 Å². The van der Waals surface area contributed by atoms with Crippen LogP contribution in [0.15, 0.2) is 54.2 Å². The lowest BCUT2D eigenvalue weighted by Gasteiger charge is -2.29. The first kappa shape index (κ1) is 33.6. The van der Waals surface area contributed by atoms with E-state index in [1.165, 1.54) is 13.0 Å². The van der Waals surface area contributed by atoms with E-state index in [-0.39, 0.29) is 34.9 Å². The SMILES string of the molecule is C=CCNc1c(O)cc2c(O)c1C[C@@H](C)C[C@H](OC)[C@H](O)[C@@H](C)/C=C(\C)[C@H](OC(C)=O)[C@@H](C)/C=C\C=C(/C)C(=O)N2. The van der Waals surface area contributed by atoms with E-state index in [4.69, 9.17) is 9.47 Å². The van der Waals surface area contributed by atoms with Crippen molar-refractivity contribution in [3.63, 3.8) is 0 Å². The first-order chi connectivity index (χ1) is 19.3. The minimum absolute atomic E-state index is 0.0774. The van der Waals surface area contributed by atoms with Crippen molar-refractivity contribution in [1.29, 1.82) is 0 Å². The van der Waals surface area contributed by atoms with Crippen LogP contribution in [-0.2, 0) is 25.5 Å². The fraction of sp³-hybridized carbons (Fsp3) is 0.500. The van der Waals surface area contributed by atoms with Crippen LogP contribution in [0, 0.1) is 17.8 Å². The molecule has 1 aromatic rings. The molecule has 5 N–H and O–H groups in total. The molecule has 9 nitrogen and oxygen atoms in total. The molecule has 1 heterocycles. The summed E-state index contributed by atoms with van der Waals surface area (Å²) in [5.74, 6) is -1.81. The van der Waals surface area contributed by atoms with E-state index in [9.17, 15) is 24.9 Å². The number of aromatic hydroxyl groups is 2. The van der Waals surface area contributed by atoms with Crippen molar-refractivity contribution in [2.45, 2.75) is 72.7 Å². The molecule has 1 aliphatic rings. The van der Waals surface area contributed by atoms with Gasteiger partial charge in [-0.25, -0.2) is 0 Å². The zero-order valence-electron chi connectivity index (χ0n) is 25.2. The van der Waals surface area contributed by atoms with E-state index in [1.54, 1.807) is 32.3 Å². The molecule has 1 aromatic carbocycles. The quantitative estimate of drug-likeness (QED) is 0.140. The number of esters is 1. The molecule has 6 atom stereocenters. The number of carbonyl (C=O) groups excluding carboxylic acids is 2. The number of methoxy groups -OCH3 is 1. The van der Waals surface area contributed by atoms with Gasteiger partial charge in [0.2, 0.25) is 0 Å².